The van der Waals surface area contributed by atoms with Gasteiger partial charge in [0.1, 0.15) is 11.5 Å². The van der Waals surface area contributed by atoms with Crippen LogP contribution < -0.4 is 4.90 Å². The number of halogens is 1. The first kappa shape index (κ1) is 12.2. The molecule has 0 aliphatic carbocycles. The lowest BCUT2D eigenvalue weighted by molar-refractivity contribution is 0.702. The van der Waals surface area contributed by atoms with Gasteiger partial charge in [0.05, 0.1) is 0 Å². The van der Waals surface area contributed by atoms with Crippen molar-refractivity contribution in [2.24, 2.45) is 0 Å². The van der Waals surface area contributed by atoms with Crippen LogP contribution in [0.15, 0.2) is 30.6 Å². The van der Waals surface area contributed by atoms with E-state index in [0.29, 0.717) is 0 Å². The largest absolute Gasteiger partial charge is 0.361 e. The predicted octanol–water partition coefficient (Wildman–Crippen LogP) is 3.18. The van der Waals surface area contributed by atoms with Gasteiger partial charge in [0, 0.05) is 31.9 Å². The minimum atomic E-state index is 0.765. The van der Waals surface area contributed by atoms with Crippen molar-refractivity contribution < 1.29 is 0 Å². The van der Waals surface area contributed by atoms with Crippen molar-refractivity contribution in [3.63, 3.8) is 0 Å². The summed E-state index contributed by atoms with van der Waals surface area (Å²) in [6.07, 6.45) is 7.30. The fourth-order valence-corrected chi connectivity index (χ4v) is 2.17. The molecule has 0 saturated heterocycles. The average molecular weight is 252 g/mol. The van der Waals surface area contributed by atoms with Gasteiger partial charge >= 0.3 is 0 Å². The Balaban J connectivity index is 2.03. The highest BCUT2D eigenvalue weighted by molar-refractivity contribution is 6.17. The minimum absolute atomic E-state index is 0.765. The van der Waals surface area contributed by atoms with Crippen LogP contribution in [0.25, 0.3) is 5.65 Å². The molecule has 3 nitrogen and oxygen atoms in total. The van der Waals surface area contributed by atoms with Gasteiger partial charge in [-0.15, -0.1) is 11.6 Å². The van der Waals surface area contributed by atoms with E-state index in [9.17, 15) is 0 Å². The summed E-state index contributed by atoms with van der Waals surface area (Å²) in [6, 6.07) is 6.19. The molecule has 0 radical (unpaired) electrons. The highest BCUT2D eigenvalue weighted by atomic mass is 35.5. The number of hydrogen-bond donors (Lipinski definition) is 0. The highest BCUT2D eigenvalue weighted by Crippen LogP contribution is 2.15. The summed E-state index contributed by atoms with van der Waals surface area (Å²) in [5.41, 5.74) is 0.995. The molecule has 17 heavy (non-hydrogen) atoms. The maximum atomic E-state index is 5.67. The lowest BCUT2D eigenvalue weighted by Gasteiger charge is -2.20. The Morgan fingerprint density at radius 3 is 3.00 bits per heavy atom. The van der Waals surface area contributed by atoms with Crippen LogP contribution in [0.4, 0.5) is 5.82 Å². The molecular weight excluding hydrogens is 234 g/mol. The normalized spacial score (nSPS) is 10.9. The number of rotatable bonds is 6. The molecule has 0 amide bonds. The number of aromatic nitrogens is 2. The molecule has 0 saturated carbocycles. The molecule has 0 unspecified atom stereocenters. The minimum Gasteiger partial charge on any atom is -0.361 e. The van der Waals surface area contributed by atoms with Crippen LogP contribution in [0.5, 0.6) is 0 Å². The van der Waals surface area contributed by atoms with Crippen LogP contribution in [0, 0.1) is 0 Å². The van der Waals surface area contributed by atoms with Gasteiger partial charge in [0.15, 0.2) is 0 Å². The van der Waals surface area contributed by atoms with Crippen LogP contribution in [0.1, 0.15) is 19.3 Å². The Hall–Kier alpha value is -1.22. The standard InChI is InChI=1S/C13H18ClN3/c1-16(10-4-2-3-8-14)13-7-5-6-12-15-9-11-17(12)13/h5-7,9,11H,2-4,8,10H2,1H3. The van der Waals surface area contributed by atoms with E-state index in [0.717, 1.165) is 24.5 Å². The van der Waals surface area contributed by atoms with Gasteiger partial charge in [-0.3, -0.25) is 4.40 Å². The zero-order valence-corrected chi connectivity index (χ0v) is 10.9. The fraction of sp³-hybridized carbons (Fsp3) is 0.462. The quantitative estimate of drug-likeness (QED) is 0.581. The molecular formula is C13H18ClN3. The zero-order valence-electron chi connectivity index (χ0n) is 10.1. The number of fused-ring (bicyclic) bond motifs is 1. The summed E-state index contributed by atoms with van der Waals surface area (Å²) in [7, 11) is 2.12. The lowest BCUT2D eigenvalue weighted by atomic mass is 10.2. The third kappa shape index (κ3) is 2.91. The van der Waals surface area contributed by atoms with Crippen molar-refractivity contribution in [3.8, 4) is 0 Å². The molecule has 4 heteroatoms. The number of alkyl halides is 1. The van der Waals surface area contributed by atoms with E-state index in [1.54, 1.807) is 0 Å². The van der Waals surface area contributed by atoms with Crippen LogP contribution in [0.3, 0.4) is 0 Å². The second-order valence-electron chi connectivity index (χ2n) is 4.21. The topological polar surface area (TPSA) is 20.5 Å². The Kier molecular flexibility index (Phi) is 4.26. The number of anilines is 1. The molecule has 0 spiro atoms. The molecule has 2 aromatic rings. The van der Waals surface area contributed by atoms with Gasteiger partial charge in [-0.25, -0.2) is 4.98 Å². The number of hydrogen-bond acceptors (Lipinski definition) is 2. The molecule has 2 heterocycles. The lowest BCUT2D eigenvalue weighted by Crippen LogP contribution is -2.20. The Labute approximate surface area is 107 Å². The molecule has 2 rings (SSSR count). The van der Waals surface area contributed by atoms with Gasteiger partial charge < -0.3 is 4.90 Å². The summed E-state index contributed by atoms with van der Waals surface area (Å²) >= 11 is 5.67. The molecule has 0 bridgehead atoms. The maximum Gasteiger partial charge on any atom is 0.138 e. The maximum absolute atomic E-state index is 5.67. The number of unbranched alkanes of at least 4 members (excludes halogenated alkanes) is 2. The first-order valence-electron chi connectivity index (χ1n) is 6.02. The summed E-state index contributed by atoms with van der Waals surface area (Å²) in [5.74, 6) is 1.95. The van der Waals surface area contributed by atoms with E-state index in [-0.39, 0.29) is 0 Å². The van der Waals surface area contributed by atoms with Gasteiger partial charge in [-0.2, -0.15) is 0 Å². The smallest absolute Gasteiger partial charge is 0.138 e. The number of pyridine rings is 1. The molecule has 2 aromatic heterocycles. The molecule has 0 aliphatic rings. The summed E-state index contributed by atoms with van der Waals surface area (Å²) in [5, 5.41) is 0. The Morgan fingerprint density at radius 1 is 1.29 bits per heavy atom. The van der Waals surface area contributed by atoms with Crippen LogP contribution in [-0.4, -0.2) is 28.9 Å². The number of nitrogens with zero attached hydrogens (tertiary/aromatic N) is 3. The van der Waals surface area contributed by atoms with Gasteiger partial charge in [-0.1, -0.05) is 12.5 Å². The van der Waals surface area contributed by atoms with E-state index in [2.05, 4.69) is 27.4 Å². The zero-order chi connectivity index (χ0) is 12.1. The van der Waals surface area contributed by atoms with Gasteiger partial charge in [-0.05, 0) is 25.0 Å². The summed E-state index contributed by atoms with van der Waals surface area (Å²) in [4.78, 5) is 6.56. The second kappa shape index (κ2) is 5.92. The highest BCUT2D eigenvalue weighted by Gasteiger charge is 2.05. The molecule has 0 fully saturated rings. The van der Waals surface area contributed by atoms with E-state index in [1.165, 1.54) is 18.7 Å². The first-order valence-corrected chi connectivity index (χ1v) is 6.55. The Bertz CT molecular complexity index is 466. The predicted molar refractivity (Wildman–Crippen MR) is 73.0 cm³/mol. The molecule has 0 atom stereocenters. The fourth-order valence-electron chi connectivity index (χ4n) is 1.98. The van der Waals surface area contributed by atoms with E-state index >= 15 is 0 Å². The van der Waals surface area contributed by atoms with Crippen LogP contribution in [0.2, 0.25) is 0 Å². The molecule has 0 aliphatic heterocycles. The third-order valence-electron chi connectivity index (χ3n) is 2.93. The van der Waals surface area contributed by atoms with Crippen molar-refractivity contribution in [1.29, 1.82) is 0 Å². The first-order chi connectivity index (χ1) is 8.33. The van der Waals surface area contributed by atoms with Crippen molar-refractivity contribution in [1.82, 2.24) is 9.38 Å². The van der Waals surface area contributed by atoms with E-state index in [1.807, 2.05) is 24.5 Å². The van der Waals surface area contributed by atoms with E-state index < -0.39 is 0 Å². The van der Waals surface area contributed by atoms with Crippen LogP contribution >= 0.6 is 11.6 Å². The van der Waals surface area contributed by atoms with E-state index in [4.69, 9.17) is 11.6 Å². The van der Waals surface area contributed by atoms with Crippen molar-refractivity contribution >= 4 is 23.1 Å². The molecule has 0 aromatic carbocycles. The summed E-state index contributed by atoms with van der Waals surface area (Å²) < 4.78 is 2.11. The second-order valence-corrected chi connectivity index (χ2v) is 4.59. The van der Waals surface area contributed by atoms with Crippen molar-refractivity contribution in [2.45, 2.75) is 19.3 Å². The number of imidazole rings is 1. The summed E-state index contributed by atoms with van der Waals surface area (Å²) in [6.45, 7) is 1.05. The average Bonchev–Trinajstić information content (AvgIpc) is 2.82. The molecule has 0 N–H and O–H groups in total. The van der Waals surface area contributed by atoms with Crippen molar-refractivity contribution in [3.05, 3.63) is 30.6 Å². The SMILES string of the molecule is CN(CCCCCCl)c1cccc2nccn12. The van der Waals surface area contributed by atoms with Crippen LogP contribution in [-0.2, 0) is 0 Å². The van der Waals surface area contributed by atoms with Gasteiger partial charge in [0.2, 0.25) is 0 Å². The monoisotopic (exact) mass is 251 g/mol. The van der Waals surface area contributed by atoms with Crippen molar-refractivity contribution in [2.75, 3.05) is 24.4 Å². The molecule has 92 valence electrons. The Morgan fingerprint density at radius 2 is 2.18 bits per heavy atom. The third-order valence-corrected chi connectivity index (χ3v) is 3.19. The van der Waals surface area contributed by atoms with Gasteiger partial charge in [0.25, 0.3) is 0 Å².